The standard InChI is InChI=1S/C9H14O/c1-9(2,3)8-5-4-6-10-7-8/h4-6H,7H2,1-3H3. The number of rotatable bonds is 0. The molecule has 1 nitrogen and oxygen atoms in total. The van der Waals surface area contributed by atoms with Gasteiger partial charge in [-0.2, -0.15) is 0 Å². The van der Waals surface area contributed by atoms with Gasteiger partial charge < -0.3 is 4.74 Å². The van der Waals surface area contributed by atoms with E-state index < -0.39 is 0 Å². The summed E-state index contributed by atoms with van der Waals surface area (Å²) in [5.41, 5.74) is 1.61. The molecule has 1 heterocycles. The Morgan fingerprint density at radius 2 is 2.10 bits per heavy atom. The number of allylic oxidation sites excluding steroid dienone is 2. The summed E-state index contributed by atoms with van der Waals surface area (Å²) in [5, 5.41) is 0. The zero-order chi connectivity index (χ0) is 7.61. The zero-order valence-electron chi connectivity index (χ0n) is 6.85. The third kappa shape index (κ3) is 1.63. The first-order valence-electron chi connectivity index (χ1n) is 3.58. The minimum Gasteiger partial charge on any atom is -0.497 e. The minimum atomic E-state index is 0.255. The van der Waals surface area contributed by atoms with Gasteiger partial charge in [-0.25, -0.2) is 0 Å². The Morgan fingerprint density at radius 1 is 1.40 bits per heavy atom. The maximum Gasteiger partial charge on any atom is 0.109 e. The van der Waals surface area contributed by atoms with Gasteiger partial charge in [0.15, 0.2) is 0 Å². The Hall–Kier alpha value is -0.720. The van der Waals surface area contributed by atoms with Gasteiger partial charge in [0, 0.05) is 0 Å². The summed E-state index contributed by atoms with van der Waals surface area (Å²) in [5.74, 6) is 0. The summed E-state index contributed by atoms with van der Waals surface area (Å²) in [4.78, 5) is 0. The third-order valence-electron chi connectivity index (χ3n) is 1.67. The van der Waals surface area contributed by atoms with E-state index in [4.69, 9.17) is 4.74 Å². The highest BCUT2D eigenvalue weighted by Crippen LogP contribution is 2.26. The maximum absolute atomic E-state index is 5.16. The highest BCUT2D eigenvalue weighted by Gasteiger charge is 2.17. The van der Waals surface area contributed by atoms with E-state index in [0.717, 1.165) is 6.61 Å². The highest BCUT2D eigenvalue weighted by molar-refractivity contribution is 5.20. The maximum atomic E-state index is 5.16. The van der Waals surface area contributed by atoms with Crippen LogP contribution in [0.15, 0.2) is 24.0 Å². The number of ether oxygens (including phenoxy) is 1. The van der Waals surface area contributed by atoms with Crippen molar-refractivity contribution >= 4 is 0 Å². The third-order valence-corrected chi connectivity index (χ3v) is 1.67. The lowest BCUT2D eigenvalue weighted by Crippen LogP contribution is -2.14. The lowest BCUT2D eigenvalue weighted by atomic mass is 9.86. The molecule has 0 spiro atoms. The quantitative estimate of drug-likeness (QED) is 0.499. The van der Waals surface area contributed by atoms with Crippen LogP contribution >= 0.6 is 0 Å². The topological polar surface area (TPSA) is 9.23 Å². The van der Waals surface area contributed by atoms with Gasteiger partial charge >= 0.3 is 0 Å². The number of hydrogen-bond donors (Lipinski definition) is 0. The Morgan fingerprint density at radius 3 is 2.40 bits per heavy atom. The van der Waals surface area contributed by atoms with E-state index in [2.05, 4.69) is 26.8 Å². The van der Waals surface area contributed by atoms with E-state index in [1.54, 1.807) is 6.26 Å². The molecule has 1 aliphatic heterocycles. The first-order chi connectivity index (χ1) is 4.61. The van der Waals surface area contributed by atoms with Gasteiger partial charge in [-0.1, -0.05) is 26.8 Å². The van der Waals surface area contributed by atoms with Crippen LogP contribution in [-0.4, -0.2) is 6.61 Å². The molecular formula is C9H14O. The SMILES string of the molecule is CC(C)(C)C1=CC=COC1. The zero-order valence-corrected chi connectivity index (χ0v) is 6.85. The van der Waals surface area contributed by atoms with Crippen LogP contribution in [0.4, 0.5) is 0 Å². The van der Waals surface area contributed by atoms with E-state index >= 15 is 0 Å². The average molecular weight is 138 g/mol. The van der Waals surface area contributed by atoms with Crippen LogP contribution in [0.3, 0.4) is 0 Å². The average Bonchev–Trinajstić information content (AvgIpc) is 1.88. The van der Waals surface area contributed by atoms with Gasteiger partial charge in [0.2, 0.25) is 0 Å². The van der Waals surface area contributed by atoms with Gasteiger partial charge in [0.05, 0.1) is 6.26 Å². The van der Waals surface area contributed by atoms with Crippen LogP contribution in [0, 0.1) is 5.41 Å². The molecule has 0 saturated heterocycles. The molecule has 0 aliphatic carbocycles. The Bertz CT molecular complexity index is 170. The van der Waals surface area contributed by atoms with Crippen LogP contribution in [0.1, 0.15) is 20.8 Å². The second-order valence-electron chi connectivity index (χ2n) is 3.58. The number of hydrogen-bond acceptors (Lipinski definition) is 1. The Balaban J connectivity index is 2.72. The fourth-order valence-corrected chi connectivity index (χ4v) is 0.864. The van der Waals surface area contributed by atoms with Gasteiger partial charge in [-0.05, 0) is 17.1 Å². The lowest BCUT2D eigenvalue weighted by Gasteiger charge is -2.23. The molecule has 0 fully saturated rings. The van der Waals surface area contributed by atoms with Gasteiger partial charge in [0.25, 0.3) is 0 Å². The van der Waals surface area contributed by atoms with Crippen molar-refractivity contribution in [3.8, 4) is 0 Å². The monoisotopic (exact) mass is 138 g/mol. The molecule has 0 unspecified atom stereocenters. The minimum absolute atomic E-state index is 0.255. The van der Waals surface area contributed by atoms with Crippen molar-refractivity contribution in [2.75, 3.05) is 6.61 Å². The molecule has 1 heteroatoms. The summed E-state index contributed by atoms with van der Waals surface area (Å²) in [6.45, 7) is 7.34. The van der Waals surface area contributed by atoms with Crippen molar-refractivity contribution in [3.63, 3.8) is 0 Å². The van der Waals surface area contributed by atoms with E-state index in [0.29, 0.717) is 0 Å². The molecule has 0 atom stereocenters. The molecule has 0 aromatic heterocycles. The Labute approximate surface area is 62.4 Å². The summed E-state index contributed by atoms with van der Waals surface area (Å²) in [6, 6.07) is 0. The first kappa shape index (κ1) is 7.39. The molecule has 0 aromatic rings. The summed E-state index contributed by atoms with van der Waals surface area (Å²) < 4.78 is 5.16. The highest BCUT2D eigenvalue weighted by atomic mass is 16.5. The van der Waals surface area contributed by atoms with Crippen LogP contribution in [0.2, 0.25) is 0 Å². The molecule has 0 bridgehead atoms. The van der Waals surface area contributed by atoms with E-state index in [9.17, 15) is 0 Å². The van der Waals surface area contributed by atoms with E-state index in [1.165, 1.54) is 5.57 Å². The van der Waals surface area contributed by atoms with Crippen LogP contribution in [0.25, 0.3) is 0 Å². The predicted octanol–water partition coefficient (Wildman–Crippen LogP) is 2.50. The van der Waals surface area contributed by atoms with Crippen molar-refractivity contribution in [1.82, 2.24) is 0 Å². The fraction of sp³-hybridized carbons (Fsp3) is 0.556. The van der Waals surface area contributed by atoms with Crippen LogP contribution in [0.5, 0.6) is 0 Å². The molecule has 1 rings (SSSR count). The normalized spacial score (nSPS) is 18.1. The van der Waals surface area contributed by atoms with Crippen molar-refractivity contribution in [3.05, 3.63) is 24.0 Å². The molecule has 0 N–H and O–H groups in total. The van der Waals surface area contributed by atoms with Crippen molar-refractivity contribution in [1.29, 1.82) is 0 Å². The van der Waals surface area contributed by atoms with E-state index in [1.807, 2.05) is 6.08 Å². The largest absolute Gasteiger partial charge is 0.497 e. The second-order valence-corrected chi connectivity index (χ2v) is 3.58. The fourth-order valence-electron chi connectivity index (χ4n) is 0.864. The van der Waals surface area contributed by atoms with Gasteiger partial charge in [-0.15, -0.1) is 0 Å². The van der Waals surface area contributed by atoms with Crippen molar-refractivity contribution < 1.29 is 4.74 Å². The summed E-state index contributed by atoms with van der Waals surface area (Å²) in [7, 11) is 0. The first-order valence-corrected chi connectivity index (χ1v) is 3.58. The molecule has 1 aliphatic rings. The predicted molar refractivity (Wildman–Crippen MR) is 42.6 cm³/mol. The Kier molecular flexibility index (Phi) is 1.84. The molecule has 10 heavy (non-hydrogen) atoms. The molecule has 0 amide bonds. The molecular weight excluding hydrogens is 124 g/mol. The lowest BCUT2D eigenvalue weighted by molar-refractivity contribution is 0.250. The van der Waals surface area contributed by atoms with Crippen LogP contribution < -0.4 is 0 Å². The van der Waals surface area contributed by atoms with Crippen molar-refractivity contribution in [2.24, 2.45) is 5.41 Å². The van der Waals surface area contributed by atoms with Crippen LogP contribution in [-0.2, 0) is 4.74 Å². The van der Waals surface area contributed by atoms with Gasteiger partial charge in [0.1, 0.15) is 6.61 Å². The van der Waals surface area contributed by atoms with Crippen molar-refractivity contribution in [2.45, 2.75) is 20.8 Å². The second kappa shape index (κ2) is 2.49. The molecule has 0 radical (unpaired) electrons. The summed E-state index contributed by atoms with van der Waals surface area (Å²) in [6.07, 6.45) is 5.81. The van der Waals surface area contributed by atoms with Gasteiger partial charge in [-0.3, -0.25) is 0 Å². The smallest absolute Gasteiger partial charge is 0.109 e. The molecule has 56 valence electrons. The molecule has 0 saturated carbocycles. The summed E-state index contributed by atoms with van der Waals surface area (Å²) >= 11 is 0. The molecule has 0 aromatic carbocycles. The van der Waals surface area contributed by atoms with E-state index in [-0.39, 0.29) is 5.41 Å².